The van der Waals surface area contributed by atoms with E-state index < -0.39 is 0 Å². The predicted molar refractivity (Wildman–Crippen MR) is 97.9 cm³/mol. The van der Waals surface area contributed by atoms with Crippen LogP contribution >= 0.6 is 24.0 Å². The summed E-state index contributed by atoms with van der Waals surface area (Å²) >= 11 is 0. The molecule has 0 atom stereocenters. The Morgan fingerprint density at radius 1 is 1.33 bits per heavy atom. The standard InChI is InChI=1S/C15H21N5.HI/c1-12(2)11-20-9-8-17-14(20)10-18-15(16)19-13-6-4-3-5-7-13;/h3-9,12H,10-11H2,1-2H3,(H3,16,18,19);1H. The van der Waals surface area contributed by atoms with Crippen molar-refractivity contribution in [2.45, 2.75) is 26.9 Å². The second-order valence-electron chi connectivity index (χ2n) is 5.08. The average molecular weight is 399 g/mol. The molecular formula is C15H22IN5. The SMILES string of the molecule is CC(C)Cn1ccnc1CN=C(N)Nc1ccccc1.I. The fourth-order valence-corrected chi connectivity index (χ4v) is 1.92. The number of halogens is 1. The molecule has 0 radical (unpaired) electrons. The van der Waals surface area contributed by atoms with Crippen LogP contribution in [0.3, 0.4) is 0 Å². The second kappa shape index (κ2) is 8.66. The van der Waals surface area contributed by atoms with Gasteiger partial charge in [0, 0.05) is 24.6 Å². The number of benzene rings is 1. The molecule has 0 fully saturated rings. The van der Waals surface area contributed by atoms with Gasteiger partial charge in [0.2, 0.25) is 0 Å². The van der Waals surface area contributed by atoms with Gasteiger partial charge in [-0.25, -0.2) is 9.98 Å². The molecule has 2 rings (SSSR count). The van der Waals surface area contributed by atoms with Gasteiger partial charge in [-0.2, -0.15) is 0 Å². The van der Waals surface area contributed by atoms with Gasteiger partial charge in [0.05, 0.1) is 0 Å². The zero-order chi connectivity index (χ0) is 14.4. The molecule has 3 N–H and O–H groups in total. The third-order valence-electron chi connectivity index (χ3n) is 2.80. The van der Waals surface area contributed by atoms with Crippen molar-refractivity contribution in [3.8, 4) is 0 Å². The summed E-state index contributed by atoms with van der Waals surface area (Å²) < 4.78 is 2.12. The number of hydrogen-bond donors (Lipinski definition) is 2. The van der Waals surface area contributed by atoms with Crippen molar-refractivity contribution in [2.24, 2.45) is 16.6 Å². The monoisotopic (exact) mass is 399 g/mol. The van der Waals surface area contributed by atoms with E-state index >= 15 is 0 Å². The summed E-state index contributed by atoms with van der Waals surface area (Å²) in [4.78, 5) is 8.65. The fraction of sp³-hybridized carbons (Fsp3) is 0.333. The van der Waals surface area contributed by atoms with E-state index in [1.54, 1.807) is 6.20 Å². The van der Waals surface area contributed by atoms with E-state index in [0.29, 0.717) is 18.4 Å². The Morgan fingerprint density at radius 2 is 2.05 bits per heavy atom. The first kappa shape index (κ1) is 17.5. The first-order chi connectivity index (χ1) is 9.65. The largest absolute Gasteiger partial charge is 0.370 e. The Bertz CT molecular complexity index is 562. The van der Waals surface area contributed by atoms with Gasteiger partial charge in [-0.15, -0.1) is 24.0 Å². The van der Waals surface area contributed by atoms with Crippen LogP contribution in [0.2, 0.25) is 0 Å². The Morgan fingerprint density at radius 3 is 2.71 bits per heavy atom. The van der Waals surface area contributed by atoms with Crippen LogP contribution in [-0.4, -0.2) is 15.5 Å². The number of para-hydroxylation sites is 1. The van der Waals surface area contributed by atoms with Gasteiger partial charge in [-0.05, 0) is 18.1 Å². The average Bonchev–Trinajstić information content (AvgIpc) is 2.84. The van der Waals surface area contributed by atoms with Crippen LogP contribution in [0.5, 0.6) is 0 Å². The number of guanidine groups is 1. The molecule has 0 saturated heterocycles. The van der Waals surface area contributed by atoms with Gasteiger partial charge in [0.1, 0.15) is 12.4 Å². The van der Waals surface area contributed by atoms with Crippen molar-refractivity contribution >= 4 is 35.6 Å². The first-order valence-electron chi connectivity index (χ1n) is 6.77. The molecule has 5 nitrogen and oxygen atoms in total. The van der Waals surface area contributed by atoms with E-state index in [1.807, 2.05) is 36.5 Å². The van der Waals surface area contributed by atoms with E-state index in [-0.39, 0.29) is 24.0 Å². The second-order valence-corrected chi connectivity index (χ2v) is 5.08. The predicted octanol–water partition coefficient (Wildman–Crippen LogP) is 3.08. The highest BCUT2D eigenvalue weighted by Crippen LogP contribution is 2.06. The summed E-state index contributed by atoms with van der Waals surface area (Å²) in [5.41, 5.74) is 6.81. The molecule has 0 amide bonds. The number of anilines is 1. The van der Waals surface area contributed by atoms with Crippen LogP contribution in [0.1, 0.15) is 19.7 Å². The summed E-state index contributed by atoms with van der Waals surface area (Å²) in [5.74, 6) is 1.90. The molecule has 21 heavy (non-hydrogen) atoms. The molecule has 6 heteroatoms. The third-order valence-corrected chi connectivity index (χ3v) is 2.80. The molecule has 0 bridgehead atoms. The smallest absolute Gasteiger partial charge is 0.193 e. The Hall–Kier alpha value is -1.57. The van der Waals surface area contributed by atoms with Crippen molar-refractivity contribution in [2.75, 3.05) is 5.32 Å². The normalized spacial score (nSPS) is 11.3. The lowest BCUT2D eigenvalue weighted by Crippen LogP contribution is -2.22. The number of imidazole rings is 1. The number of aromatic nitrogens is 2. The lowest BCUT2D eigenvalue weighted by molar-refractivity contribution is 0.507. The lowest BCUT2D eigenvalue weighted by Gasteiger charge is -2.09. The molecule has 0 aliphatic rings. The zero-order valence-electron chi connectivity index (χ0n) is 12.4. The van der Waals surface area contributed by atoms with Crippen LogP contribution in [0.4, 0.5) is 5.69 Å². The summed E-state index contributed by atoms with van der Waals surface area (Å²) in [6, 6.07) is 9.75. The highest BCUT2D eigenvalue weighted by atomic mass is 127. The molecule has 2 aromatic rings. The summed E-state index contributed by atoms with van der Waals surface area (Å²) in [6.07, 6.45) is 3.78. The van der Waals surface area contributed by atoms with Crippen molar-refractivity contribution in [1.82, 2.24) is 9.55 Å². The van der Waals surface area contributed by atoms with Gasteiger partial charge >= 0.3 is 0 Å². The first-order valence-corrected chi connectivity index (χ1v) is 6.77. The van der Waals surface area contributed by atoms with Crippen LogP contribution in [0.25, 0.3) is 0 Å². The minimum absolute atomic E-state index is 0. The molecule has 114 valence electrons. The molecule has 0 spiro atoms. The summed E-state index contributed by atoms with van der Waals surface area (Å²) in [5, 5.41) is 3.06. The minimum Gasteiger partial charge on any atom is -0.370 e. The Labute approximate surface area is 142 Å². The van der Waals surface area contributed by atoms with Gasteiger partial charge in [-0.3, -0.25) is 0 Å². The fourth-order valence-electron chi connectivity index (χ4n) is 1.92. The molecule has 1 aromatic heterocycles. The van der Waals surface area contributed by atoms with Crippen LogP contribution in [0, 0.1) is 5.92 Å². The summed E-state index contributed by atoms with van der Waals surface area (Å²) in [7, 11) is 0. The van der Waals surface area contributed by atoms with E-state index in [9.17, 15) is 0 Å². The molecule has 0 saturated carbocycles. The molecule has 1 heterocycles. The van der Waals surface area contributed by atoms with Crippen molar-refractivity contribution < 1.29 is 0 Å². The maximum Gasteiger partial charge on any atom is 0.193 e. The maximum absolute atomic E-state index is 5.88. The van der Waals surface area contributed by atoms with E-state index in [2.05, 4.69) is 33.7 Å². The minimum atomic E-state index is 0. The van der Waals surface area contributed by atoms with Crippen LogP contribution < -0.4 is 11.1 Å². The van der Waals surface area contributed by atoms with Crippen LogP contribution in [-0.2, 0) is 13.1 Å². The Kier molecular flexibility index (Phi) is 7.21. The summed E-state index contributed by atoms with van der Waals surface area (Å²) in [6.45, 7) is 5.78. The molecule has 0 aliphatic carbocycles. The zero-order valence-corrected chi connectivity index (χ0v) is 14.7. The highest BCUT2D eigenvalue weighted by Gasteiger charge is 2.04. The van der Waals surface area contributed by atoms with E-state index in [1.165, 1.54) is 0 Å². The molecular weight excluding hydrogens is 377 g/mol. The third kappa shape index (κ3) is 5.74. The van der Waals surface area contributed by atoms with Gasteiger partial charge in [0.15, 0.2) is 5.96 Å². The van der Waals surface area contributed by atoms with E-state index in [0.717, 1.165) is 18.1 Å². The van der Waals surface area contributed by atoms with E-state index in [4.69, 9.17) is 5.73 Å². The number of nitrogens with zero attached hydrogens (tertiary/aromatic N) is 3. The molecule has 0 unspecified atom stereocenters. The molecule has 1 aromatic carbocycles. The van der Waals surface area contributed by atoms with Crippen molar-refractivity contribution in [3.05, 3.63) is 48.5 Å². The topological polar surface area (TPSA) is 68.2 Å². The van der Waals surface area contributed by atoms with Gasteiger partial charge in [-0.1, -0.05) is 32.0 Å². The Balaban J connectivity index is 0.00000220. The lowest BCUT2D eigenvalue weighted by atomic mass is 10.2. The maximum atomic E-state index is 5.88. The number of nitrogens with two attached hydrogens (primary N) is 1. The van der Waals surface area contributed by atoms with Crippen molar-refractivity contribution in [1.29, 1.82) is 0 Å². The number of nitrogens with one attached hydrogen (secondary N) is 1. The number of rotatable bonds is 5. The number of hydrogen-bond acceptors (Lipinski definition) is 2. The number of aliphatic imine (C=N–C) groups is 1. The van der Waals surface area contributed by atoms with Crippen LogP contribution in [0.15, 0.2) is 47.7 Å². The van der Waals surface area contributed by atoms with Crippen molar-refractivity contribution in [3.63, 3.8) is 0 Å². The highest BCUT2D eigenvalue weighted by molar-refractivity contribution is 14.0. The van der Waals surface area contributed by atoms with Gasteiger partial charge in [0.25, 0.3) is 0 Å². The quantitative estimate of drug-likeness (QED) is 0.461. The molecule has 0 aliphatic heterocycles. The van der Waals surface area contributed by atoms with Gasteiger partial charge < -0.3 is 15.6 Å².